The largest absolute Gasteiger partial charge is 0.497 e. The van der Waals surface area contributed by atoms with E-state index in [0.29, 0.717) is 21.0 Å². The zero-order valence-corrected chi connectivity index (χ0v) is 21.3. The van der Waals surface area contributed by atoms with Crippen LogP contribution in [0.4, 0.5) is 5.13 Å². The number of methoxy groups -OCH3 is 1. The minimum Gasteiger partial charge on any atom is -0.497 e. The van der Waals surface area contributed by atoms with Crippen LogP contribution in [0, 0.1) is 0 Å². The molecule has 6 rings (SSSR count). The Balaban J connectivity index is 1.23. The second kappa shape index (κ2) is 9.08. The molecule has 12 heteroatoms. The quantitative estimate of drug-likeness (QED) is 0.259. The molecule has 1 amide bonds. The normalized spacial score (nSPS) is 11.5. The number of hydrogen-bond acceptors (Lipinski definition) is 9. The third-order valence-electron chi connectivity index (χ3n) is 5.28. The van der Waals surface area contributed by atoms with Crippen molar-refractivity contribution in [1.82, 2.24) is 24.6 Å². The Morgan fingerprint density at radius 1 is 1.20 bits per heavy atom. The number of thioether (sulfide) groups is 1. The van der Waals surface area contributed by atoms with E-state index in [-0.39, 0.29) is 11.7 Å². The van der Waals surface area contributed by atoms with Crippen LogP contribution in [0.3, 0.4) is 0 Å². The molecule has 0 aliphatic carbocycles. The maximum absolute atomic E-state index is 12.6. The van der Waals surface area contributed by atoms with E-state index in [1.54, 1.807) is 24.8 Å². The molecule has 0 spiro atoms. The van der Waals surface area contributed by atoms with Gasteiger partial charge in [0.25, 0.3) is 0 Å². The molecule has 8 nitrogen and oxygen atoms in total. The molecular formula is C23H15ClN6O2S3. The van der Waals surface area contributed by atoms with Gasteiger partial charge in [0, 0.05) is 16.0 Å². The summed E-state index contributed by atoms with van der Waals surface area (Å²) in [6.07, 6.45) is 1.70. The molecule has 35 heavy (non-hydrogen) atoms. The summed E-state index contributed by atoms with van der Waals surface area (Å²) >= 11 is 10.3. The number of fused-ring (bicyclic) bond motifs is 4. The molecule has 0 bridgehead atoms. The molecule has 6 aromatic rings. The SMILES string of the molecule is COc1ccc2nc(NC(=O)CSc3nnc4c5c(-c6ccc(Cl)cc6)csc5ncn34)sc2c1. The number of thiazole rings is 1. The van der Waals surface area contributed by atoms with E-state index in [2.05, 4.69) is 30.9 Å². The molecule has 0 saturated carbocycles. The van der Waals surface area contributed by atoms with E-state index >= 15 is 0 Å². The van der Waals surface area contributed by atoms with Gasteiger partial charge in [-0.25, -0.2) is 9.97 Å². The van der Waals surface area contributed by atoms with Crippen molar-refractivity contribution < 1.29 is 9.53 Å². The highest BCUT2D eigenvalue weighted by Gasteiger charge is 2.17. The van der Waals surface area contributed by atoms with Gasteiger partial charge in [0.1, 0.15) is 16.9 Å². The van der Waals surface area contributed by atoms with Crippen LogP contribution in [0.25, 0.3) is 37.2 Å². The van der Waals surface area contributed by atoms with Gasteiger partial charge in [0.05, 0.1) is 28.5 Å². The van der Waals surface area contributed by atoms with Crippen LogP contribution >= 0.6 is 46.0 Å². The molecule has 0 radical (unpaired) electrons. The molecule has 0 aliphatic heterocycles. The fourth-order valence-corrected chi connectivity index (χ4v) is 6.28. The van der Waals surface area contributed by atoms with Crippen molar-refractivity contribution in [2.24, 2.45) is 0 Å². The smallest absolute Gasteiger partial charge is 0.236 e. The van der Waals surface area contributed by atoms with Crippen LogP contribution in [0.5, 0.6) is 5.75 Å². The number of rotatable bonds is 6. The Morgan fingerprint density at radius 3 is 2.89 bits per heavy atom. The van der Waals surface area contributed by atoms with Crippen LogP contribution < -0.4 is 10.1 Å². The zero-order valence-electron chi connectivity index (χ0n) is 18.1. The molecule has 0 aliphatic rings. The Kier molecular flexibility index (Phi) is 5.77. The molecule has 0 atom stereocenters. The van der Waals surface area contributed by atoms with Crippen LogP contribution in [0.15, 0.2) is 59.3 Å². The summed E-state index contributed by atoms with van der Waals surface area (Å²) in [5.74, 6) is 0.733. The summed E-state index contributed by atoms with van der Waals surface area (Å²) in [6.45, 7) is 0. The predicted molar refractivity (Wildman–Crippen MR) is 142 cm³/mol. The van der Waals surface area contributed by atoms with Gasteiger partial charge >= 0.3 is 0 Å². The van der Waals surface area contributed by atoms with Crippen LogP contribution in [-0.4, -0.2) is 43.3 Å². The number of nitrogens with one attached hydrogen (secondary N) is 1. The number of halogens is 1. The third kappa shape index (κ3) is 4.20. The molecule has 0 fully saturated rings. The van der Waals surface area contributed by atoms with Crippen molar-refractivity contribution in [3.05, 3.63) is 59.2 Å². The number of hydrogen-bond donors (Lipinski definition) is 1. The van der Waals surface area contributed by atoms with Gasteiger partial charge in [0.2, 0.25) is 5.91 Å². The fraction of sp³-hybridized carbons (Fsp3) is 0.0870. The van der Waals surface area contributed by atoms with Gasteiger partial charge in [-0.1, -0.05) is 46.8 Å². The Morgan fingerprint density at radius 2 is 2.06 bits per heavy atom. The summed E-state index contributed by atoms with van der Waals surface area (Å²) in [7, 11) is 1.62. The number of amides is 1. The topological polar surface area (TPSA) is 94.3 Å². The van der Waals surface area contributed by atoms with Gasteiger partial charge in [-0.15, -0.1) is 21.5 Å². The standard InChI is InChI=1S/C23H15ClN6O2S3/c1-32-14-6-7-16-17(8-14)35-22(26-16)27-18(31)10-34-23-29-28-20-19-15(12-2-4-13(24)5-3-12)9-33-21(19)25-11-30(20)23/h2-9,11H,10H2,1H3,(H,26,27,31). The summed E-state index contributed by atoms with van der Waals surface area (Å²) < 4.78 is 8.01. The van der Waals surface area contributed by atoms with Gasteiger partial charge in [-0.3, -0.25) is 9.20 Å². The fourth-order valence-electron chi connectivity index (χ4n) is 3.63. The molecule has 174 valence electrons. The van der Waals surface area contributed by atoms with Crippen molar-refractivity contribution in [2.45, 2.75) is 5.16 Å². The highest BCUT2D eigenvalue weighted by atomic mass is 35.5. The van der Waals surface area contributed by atoms with Crippen LogP contribution in [0.2, 0.25) is 5.02 Å². The molecule has 2 aromatic carbocycles. The van der Waals surface area contributed by atoms with E-state index in [0.717, 1.165) is 37.3 Å². The molecule has 4 aromatic heterocycles. The van der Waals surface area contributed by atoms with Crippen LogP contribution in [0.1, 0.15) is 0 Å². The predicted octanol–water partition coefficient (Wildman–Crippen LogP) is 6.01. The third-order valence-corrected chi connectivity index (χ3v) is 8.29. The van der Waals surface area contributed by atoms with Crippen molar-refractivity contribution in [3.63, 3.8) is 0 Å². The maximum atomic E-state index is 12.6. The molecule has 1 N–H and O–H groups in total. The first kappa shape index (κ1) is 22.2. The summed E-state index contributed by atoms with van der Waals surface area (Å²) in [5, 5.41) is 16.4. The van der Waals surface area contributed by atoms with Gasteiger partial charge in [0.15, 0.2) is 15.9 Å². The number of nitrogens with zero attached hydrogens (tertiary/aromatic N) is 5. The van der Waals surface area contributed by atoms with Crippen LogP contribution in [-0.2, 0) is 4.79 Å². The lowest BCUT2D eigenvalue weighted by Crippen LogP contribution is -2.14. The molecular weight excluding hydrogens is 524 g/mol. The average molecular weight is 539 g/mol. The maximum Gasteiger partial charge on any atom is 0.236 e. The Labute approximate surface area is 216 Å². The first-order chi connectivity index (χ1) is 17.1. The second-order valence-corrected chi connectivity index (χ2v) is 10.7. The highest BCUT2D eigenvalue weighted by molar-refractivity contribution is 7.99. The lowest BCUT2D eigenvalue weighted by atomic mass is 10.1. The Hall–Kier alpha value is -3.25. The van der Waals surface area contributed by atoms with Crippen molar-refractivity contribution >= 4 is 83.2 Å². The monoisotopic (exact) mass is 538 g/mol. The second-order valence-electron chi connectivity index (χ2n) is 7.45. The van der Waals surface area contributed by atoms with E-state index in [4.69, 9.17) is 16.3 Å². The molecule has 4 heterocycles. The van der Waals surface area contributed by atoms with Gasteiger partial charge in [-0.2, -0.15) is 0 Å². The van der Waals surface area contributed by atoms with Crippen molar-refractivity contribution in [1.29, 1.82) is 0 Å². The highest BCUT2D eigenvalue weighted by Crippen LogP contribution is 2.36. The lowest BCUT2D eigenvalue weighted by Gasteiger charge is -2.03. The van der Waals surface area contributed by atoms with E-state index in [9.17, 15) is 4.79 Å². The number of thiophene rings is 1. The summed E-state index contributed by atoms with van der Waals surface area (Å²) in [5.41, 5.74) is 3.56. The number of anilines is 1. The first-order valence-electron chi connectivity index (χ1n) is 10.3. The minimum absolute atomic E-state index is 0.158. The number of carbonyl (C=O) groups excluding carboxylic acids is 1. The molecule has 0 unspecified atom stereocenters. The first-order valence-corrected chi connectivity index (χ1v) is 13.4. The number of benzene rings is 2. The van der Waals surface area contributed by atoms with Crippen molar-refractivity contribution in [2.75, 3.05) is 18.2 Å². The van der Waals surface area contributed by atoms with E-state index < -0.39 is 0 Å². The number of carbonyl (C=O) groups is 1. The van der Waals surface area contributed by atoms with E-state index in [1.807, 2.05) is 46.9 Å². The zero-order chi connectivity index (χ0) is 23.9. The Bertz CT molecular complexity index is 1710. The number of ether oxygens (including phenoxy) is 1. The summed E-state index contributed by atoms with van der Waals surface area (Å²) in [4.78, 5) is 22.5. The van der Waals surface area contributed by atoms with E-state index in [1.165, 1.54) is 23.1 Å². The van der Waals surface area contributed by atoms with Gasteiger partial charge < -0.3 is 10.1 Å². The lowest BCUT2D eigenvalue weighted by molar-refractivity contribution is -0.113. The molecule has 0 saturated heterocycles. The summed E-state index contributed by atoms with van der Waals surface area (Å²) in [6, 6.07) is 13.3. The van der Waals surface area contributed by atoms with Gasteiger partial charge in [-0.05, 0) is 35.9 Å². The average Bonchev–Trinajstić information content (AvgIpc) is 3.58. The minimum atomic E-state index is -0.177. The number of aromatic nitrogens is 5. The van der Waals surface area contributed by atoms with Crippen molar-refractivity contribution in [3.8, 4) is 16.9 Å².